The molecule has 1 atom stereocenters. The maximum absolute atomic E-state index is 13.4. The first kappa shape index (κ1) is 26.1. The van der Waals surface area contributed by atoms with Crippen LogP contribution in [0.15, 0.2) is 24.8 Å². The Morgan fingerprint density at radius 1 is 1.24 bits per heavy atom. The zero-order valence-electron chi connectivity index (χ0n) is 20.6. The van der Waals surface area contributed by atoms with E-state index in [1.165, 1.54) is 24.8 Å². The molecular formula is C24H27F3N8O2. The van der Waals surface area contributed by atoms with E-state index in [1.54, 1.807) is 4.90 Å². The molecule has 2 N–H and O–H groups in total. The molecule has 4 heterocycles. The Morgan fingerprint density at radius 2 is 1.95 bits per heavy atom. The van der Waals surface area contributed by atoms with Gasteiger partial charge in [0.25, 0.3) is 5.91 Å². The fourth-order valence-electron chi connectivity index (χ4n) is 4.24. The lowest BCUT2D eigenvalue weighted by Gasteiger charge is -2.37. The summed E-state index contributed by atoms with van der Waals surface area (Å²) in [4.78, 5) is 39.9. The number of nitriles is 1. The van der Waals surface area contributed by atoms with Gasteiger partial charge in [0.15, 0.2) is 5.65 Å². The second-order valence-corrected chi connectivity index (χ2v) is 10.2. The third-order valence-corrected chi connectivity index (χ3v) is 6.27. The van der Waals surface area contributed by atoms with Crippen molar-refractivity contribution in [3.05, 3.63) is 30.4 Å². The highest BCUT2D eigenvalue weighted by atomic mass is 19.4. The molecule has 1 fully saturated rings. The molecule has 0 bridgehead atoms. The predicted octanol–water partition coefficient (Wildman–Crippen LogP) is 3.29. The quantitative estimate of drug-likeness (QED) is 0.535. The number of hydrogen-bond acceptors (Lipinski definition) is 6. The van der Waals surface area contributed by atoms with Gasteiger partial charge in [0.05, 0.1) is 29.7 Å². The van der Waals surface area contributed by atoms with Gasteiger partial charge >= 0.3 is 6.18 Å². The first-order chi connectivity index (χ1) is 17.4. The van der Waals surface area contributed by atoms with Gasteiger partial charge in [-0.05, 0) is 18.3 Å². The maximum Gasteiger partial charge on any atom is 0.408 e. The van der Waals surface area contributed by atoms with Crippen LogP contribution in [0.1, 0.15) is 44.0 Å². The Morgan fingerprint density at radius 3 is 2.57 bits per heavy atom. The number of hydrogen-bond donors (Lipinski definition) is 2. The molecule has 4 rings (SSSR count). The van der Waals surface area contributed by atoms with Gasteiger partial charge in [-0.1, -0.05) is 20.8 Å². The molecule has 0 unspecified atom stereocenters. The number of nitrogens with one attached hydrogen (secondary N) is 2. The number of aromatic nitrogens is 5. The number of carbonyl (C=O) groups is 2. The number of likely N-dealkylation sites (tertiary alicyclic amines) is 1. The van der Waals surface area contributed by atoms with E-state index in [0.717, 1.165) is 4.68 Å². The van der Waals surface area contributed by atoms with Gasteiger partial charge in [0.1, 0.15) is 18.1 Å². The second kappa shape index (κ2) is 9.84. The molecule has 0 radical (unpaired) electrons. The van der Waals surface area contributed by atoms with E-state index in [-0.39, 0.29) is 28.6 Å². The molecular weight excluding hydrogens is 489 g/mol. The van der Waals surface area contributed by atoms with E-state index in [1.807, 2.05) is 20.8 Å². The summed E-state index contributed by atoms with van der Waals surface area (Å²) in [6.45, 7) is 5.21. The standard InChI is InChI=1S/C24H27F3N8O2/c1-23(2,3)19(22(37)34-6-4-14(8-28)5-7-34)33-21(36)16-10-29-20-18(16)32-17(11-30-20)15-9-31-35(12-15)13-24(25,26)27/h9-12,14,19H,4-7,13H2,1-3H3,(H,29,30)(H,33,36)/t19-/m0/s1. The van der Waals surface area contributed by atoms with E-state index in [4.69, 9.17) is 5.26 Å². The number of amides is 2. The van der Waals surface area contributed by atoms with E-state index >= 15 is 0 Å². The average molecular weight is 517 g/mol. The normalized spacial score (nSPS) is 16.0. The number of piperidine rings is 1. The molecule has 196 valence electrons. The highest BCUT2D eigenvalue weighted by Gasteiger charge is 2.37. The summed E-state index contributed by atoms with van der Waals surface area (Å²) in [5.74, 6) is -0.835. The van der Waals surface area contributed by atoms with Crippen molar-refractivity contribution in [2.45, 2.75) is 52.4 Å². The fraction of sp³-hybridized carbons (Fsp3) is 0.500. The van der Waals surface area contributed by atoms with Crippen LogP contribution in [0.3, 0.4) is 0 Å². The minimum Gasteiger partial charge on any atom is -0.344 e. The maximum atomic E-state index is 13.4. The Balaban J connectivity index is 1.56. The molecule has 10 nitrogen and oxygen atoms in total. The number of nitrogens with zero attached hydrogens (tertiary/aromatic N) is 6. The van der Waals surface area contributed by atoms with E-state index in [0.29, 0.717) is 37.1 Å². The van der Waals surface area contributed by atoms with Gasteiger partial charge in [0, 0.05) is 37.0 Å². The van der Waals surface area contributed by atoms with Crippen LogP contribution < -0.4 is 5.32 Å². The first-order valence-corrected chi connectivity index (χ1v) is 11.8. The topological polar surface area (TPSA) is 133 Å². The van der Waals surface area contributed by atoms with Crippen LogP contribution in [0.25, 0.3) is 22.4 Å². The zero-order valence-corrected chi connectivity index (χ0v) is 20.6. The fourth-order valence-corrected chi connectivity index (χ4v) is 4.24. The number of halogens is 3. The van der Waals surface area contributed by atoms with Crippen LogP contribution in [0.2, 0.25) is 0 Å². The summed E-state index contributed by atoms with van der Waals surface area (Å²) < 4.78 is 38.8. The number of rotatable bonds is 5. The average Bonchev–Trinajstić information content (AvgIpc) is 3.46. The van der Waals surface area contributed by atoms with E-state index in [2.05, 4.69) is 31.4 Å². The molecule has 3 aromatic heterocycles. The molecule has 37 heavy (non-hydrogen) atoms. The van der Waals surface area contributed by atoms with Gasteiger partial charge in [0.2, 0.25) is 5.91 Å². The van der Waals surface area contributed by atoms with Crippen LogP contribution in [-0.2, 0) is 11.3 Å². The van der Waals surface area contributed by atoms with Crippen molar-refractivity contribution in [3.8, 4) is 17.3 Å². The molecule has 0 saturated carbocycles. The van der Waals surface area contributed by atoms with Gasteiger partial charge in [-0.25, -0.2) is 9.97 Å². The molecule has 0 aliphatic carbocycles. The summed E-state index contributed by atoms with van der Waals surface area (Å²) in [6.07, 6.45) is 2.02. The lowest BCUT2D eigenvalue weighted by atomic mass is 9.85. The predicted molar refractivity (Wildman–Crippen MR) is 127 cm³/mol. The van der Waals surface area contributed by atoms with Gasteiger partial charge in [-0.2, -0.15) is 23.5 Å². The van der Waals surface area contributed by atoms with Crippen molar-refractivity contribution in [3.63, 3.8) is 0 Å². The lowest BCUT2D eigenvalue weighted by Crippen LogP contribution is -2.56. The number of fused-ring (bicyclic) bond motifs is 1. The second-order valence-electron chi connectivity index (χ2n) is 10.2. The smallest absolute Gasteiger partial charge is 0.344 e. The van der Waals surface area contributed by atoms with Crippen molar-refractivity contribution in [1.82, 2.24) is 34.9 Å². The number of carbonyl (C=O) groups excluding carboxylic acids is 2. The summed E-state index contributed by atoms with van der Waals surface area (Å²) in [6, 6.07) is 1.41. The van der Waals surface area contributed by atoms with Gasteiger partial charge in [-0.15, -0.1) is 0 Å². The van der Waals surface area contributed by atoms with Crippen LogP contribution >= 0.6 is 0 Å². The molecule has 1 saturated heterocycles. The number of aromatic amines is 1. The first-order valence-electron chi connectivity index (χ1n) is 11.8. The molecule has 2 amide bonds. The van der Waals surface area contributed by atoms with Crippen molar-refractivity contribution in [1.29, 1.82) is 5.26 Å². The third kappa shape index (κ3) is 5.90. The van der Waals surface area contributed by atoms with Crippen molar-refractivity contribution < 1.29 is 22.8 Å². The molecule has 13 heteroatoms. The Labute approximate surface area is 210 Å². The molecule has 1 aliphatic heterocycles. The highest BCUT2D eigenvalue weighted by molar-refractivity contribution is 6.06. The Bertz CT molecular complexity index is 1340. The third-order valence-electron chi connectivity index (χ3n) is 6.27. The highest BCUT2D eigenvalue weighted by Crippen LogP contribution is 2.26. The summed E-state index contributed by atoms with van der Waals surface area (Å²) in [5, 5.41) is 15.7. The number of H-pyrrole nitrogens is 1. The molecule has 3 aromatic rings. The Hall–Kier alpha value is -3.95. The summed E-state index contributed by atoms with van der Waals surface area (Å²) in [7, 11) is 0. The van der Waals surface area contributed by atoms with Crippen LogP contribution in [0.5, 0.6) is 0 Å². The summed E-state index contributed by atoms with van der Waals surface area (Å²) >= 11 is 0. The minimum atomic E-state index is -4.42. The van der Waals surface area contributed by atoms with Crippen LogP contribution in [-0.4, -0.2) is 66.8 Å². The van der Waals surface area contributed by atoms with Gasteiger partial charge < -0.3 is 15.2 Å². The van der Waals surface area contributed by atoms with Crippen molar-refractivity contribution in [2.24, 2.45) is 11.3 Å². The SMILES string of the molecule is CC(C)(C)[C@@H](NC(=O)c1c[nH]c2ncc(-c3cnn(CC(F)(F)F)c3)nc12)C(=O)N1CCC(C#N)CC1. The van der Waals surface area contributed by atoms with Crippen LogP contribution in [0.4, 0.5) is 13.2 Å². The minimum absolute atomic E-state index is 0.0775. The van der Waals surface area contributed by atoms with E-state index in [9.17, 15) is 22.8 Å². The molecule has 1 aliphatic rings. The Kier molecular flexibility index (Phi) is 6.94. The zero-order chi connectivity index (χ0) is 27.0. The largest absolute Gasteiger partial charge is 0.408 e. The molecule has 0 aromatic carbocycles. The molecule has 0 spiro atoms. The van der Waals surface area contributed by atoms with E-state index < -0.39 is 30.1 Å². The summed E-state index contributed by atoms with van der Waals surface area (Å²) in [5.41, 5.74) is 0.641. The monoisotopic (exact) mass is 516 g/mol. The lowest BCUT2D eigenvalue weighted by molar-refractivity contribution is -0.142. The van der Waals surface area contributed by atoms with Crippen LogP contribution in [0, 0.1) is 22.7 Å². The number of alkyl halides is 3. The van der Waals surface area contributed by atoms with Crippen molar-refractivity contribution >= 4 is 23.0 Å². The van der Waals surface area contributed by atoms with Gasteiger partial charge in [-0.3, -0.25) is 14.3 Å². The van der Waals surface area contributed by atoms with Crippen molar-refractivity contribution in [2.75, 3.05) is 13.1 Å².